The van der Waals surface area contributed by atoms with E-state index in [9.17, 15) is 9.90 Å². The fourth-order valence-electron chi connectivity index (χ4n) is 2.11. The van der Waals surface area contributed by atoms with Gasteiger partial charge in [-0.15, -0.1) is 11.6 Å². The first-order chi connectivity index (χ1) is 8.56. The van der Waals surface area contributed by atoms with Gasteiger partial charge in [0, 0.05) is 0 Å². The number of carbonyl (C=O) groups excluding carboxylic acids is 1. The number of para-hydroxylation sites is 1. The first kappa shape index (κ1) is 15.0. The Morgan fingerprint density at radius 3 is 2.17 bits per heavy atom. The van der Waals surface area contributed by atoms with Crippen LogP contribution in [0.2, 0.25) is 0 Å². The molecule has 1 amide bonds. The number of alkyl halides is 1. The largest absolute Gasteiger partial charge is 0.373 e. The van der Waals surface area contributed by atoms with Crippen LogP contribution in [-0.4, -0.2) is 23.1 Å². The average molecular weight is 270 g/mol. The van der Waals surface area contributed by atoms with Crippen molar-refractivity contribution in [3.63, 3.8) is 0 Å². The highest BCUT2D eigenvalue weighted by molar-refractivity contribution is 6.29. The third-order valence-corrected chi connectivity index (χ3v) is 3.19. The minimum absolute atomic E-state index is 0.133. The van der Waals surface area contributed by atoms with Crippen LogP contribution in [0, 0.1) is 0 Å². The molecule has 0 radical (unpaired) electrons. The molecular weight excluding hydrogens is 250 g/mol. The van der Waals surface area contributed by atoms with Gasteiger partial charge in [-0.3, -0.25) is 9.69 Å². The summed E-state index contributed by atoms with van der Waals surface area (Å²) < 4.78 is 0. The first-order valence-corrected chi connectivity index (χ1v) is 6.77. The second-order valence-electron chi connectivity index (χ2n) is 4.16. The maximum Gasteiger partial charge on any atom is 0.244 e. The molecule has 0 aromatic heterocycles. The standard InChI is InChI=1S/C14H20ClNO2/c1-4-11-7-6-8-12(5-2)14(11)16(10(3)17)13(18)9-15/h6-8,10,17H,4-5,9H2,1-3H3. The van der Waals surface area contributed by atoms with Gasteiger partial charge < -0.3 is 5.11 Å². The van der Waals surface area contributed by atoms with E-state index in [0.717, 1.165) is 29.7 Å². The highest BCUT2D eigenvalue weighted by Gasteiger charge is 2.23. The van der Waals surface area contributed by atoms with Crippen LogP contribution < -0.4 is 4.90 Å². The molecule has 0 fully saturated rings. The van der Waals surface area contributed by atoms with Crippen molar-refractivity contribution >= 4 is 23.2 Å². The van der Waals surface area contributed by atoms with E-state index in [1.54, 1.807) is 6.92 Å². The number of rotatable bonds is 5. The van der Waals surface area contributed by atoms with Crippen LogP contribution in [0.1, 0.15) is 31.9 Å². The maximum absolute atomic E-state index is 11.9. The molecule has 0 heterocycles. The monoisotopic (exact) mass is 269 g/mol. The topological polar surface area (TPSA) is 40.5 Å². The van der Waals surface area contributed by atoms with E-state index in [-0.39, 0.29) is 11.8 Å². The number of halogens is 1. The minimum atomic E-state index is -0.880. The van der Waals surface area contributed by atoms with E-state index in [1.165, 1.54) is 4.90 Å². The molecule has 0 aliphatic rings. The molecule has 0 saturated heterocycles. The Balaban J connectivity index is 3.38. The highest BCUT2D eigenvalue weighted by atomic mass is 35.5. The van der Waals surface area contributed by atoms with E-state index in [0.29, 0.717) is 0 Å². The molecule has 18 heavy (non-hydrogen) atoms. The van der Waals surface area contributed by atoms with Crippen molar-refractivity contribution in [2.75, 3.05) is 10.8 Å². The molecule has 0 aliphatic carbocycles. The Morgan fingerprint density at radius 1 is 1.33 bits per heavy atom. The number of aliphatic hydroxyl groups excluding tert-OH is 1. The number of benzene rings is 1. The molecule has 100 valence electrons. The zero-order valence-electron chi connectivity index (χ0n) is 11.1. The molecule has 3 nitrogen and oxygen atoms in total. The van der Waals surface area contributed by atoms with Crippen molar-refractivity contribution in [3.8, 4) is 0 Å². The fourth-order valence-corrected chi connectivity index (χ4v) is 2.24. The molecular formula is C14H20ClNO2. The van der Waals surface area contributed by atoms with Crippen LogP contribution in [0.25, 0.3) is 0 Å². The van der Waals surface area contributed by atoms with Gasteiger partial charge in [0.2, 0.25) is 5.91 Å². The summed E-state index contributed by atoms with van der Waals surface area (Å²) in [7, 11) is 0. The summed E-state index contributed by atoms with van der Waals surface area (Å²) in [6.45, 7) is 5.64. The minimum Gasteiger partial charge on any atom is -0.373 e. The molecule has 0 saturated carbocycles. The van der Waals surface area contributed by atoms with Gasteiger partial charge in [0.1, 0.15) is 12.1 Å². The van der Waals surface area contributed by atoms with Crippen molar-refractivity contribution in [2.45, 2.75) is 39.8 Å². The van der Waals surface area contributed by atoms with Gasteiger partial charge in [0.25, 0.3) is 0 Å². The van der Waals surface area contributed by atoms with Gasteiger partial charge in [0.15, 0.2) is 0 Å². The summed E-state index contributed by atoms with van der Waals surface area (Å²) >= 11 is 5.63. The second kappa shape index (κ2) is 6.76. The lowest BCUT2D eigenvalue weighted by molar-refractivity contribution is -0.118. The van der Waals surface area contributed by atoms with Crippen LogP contribution in [0.15, 0.2) is 18.2 Å². The van der Waals surface area contributed by atoms with Gasteiger partial charge in [-0.25, -0.2) is 0 Å². The number of aliphatic hydroxyl groups is 1. The Bertz CT molecular complexity index is 396. The van der Waals surface area contributed by atoms with Gasteiger partial charge in [0.05, 0.1) is 5.69 Å². The molecule has 1 atom stereocenters. The van der Waals surface area contributed by atoms with E-state index >= 15 is 0 Å². The molecule has 1 aromatic carbocycles. The lowest BCUT2D eigenvalue weighted by Gasteiger charge is -2.29. The number of aryl methyl sites for hydroxylation is 2. The second-order valence-corrected chi connectivity index (χ2v) is 4.43. The van der Waals surface area contributed by atoms with Crippen LogP contribution in [0.4, 0.5) is 5.69 Å². The molecule has 0 spiro atoms. The Hall–Kier alpha value is -1.06. The van der Waals surface area contributed by atoms with Crippen molar-refractivity contribution in [3.05, 3.63) is 29.3 Å². The fraction of sp³-hybridized carbons (Fsp3) is 0.500. The van der Waals surface area contributed by atoms with Gasteiger partial charge in [-0.2, -0.15) is 0 Å². The lowest BCUT2D eigenvalue weighted by Crippen LogP contribution is -2.40. The summed E-state index contributed by atoms with van der Waals surface area (Å²) in [4.78, 5) is 13.3. The van der Waals surface area contributed by atoms with Crippen LogP contribution >= 0.6 is 11.6 Å². The lowest BCUT2D eigenvalue weighted by atomic mass is 10.0. The average Bonchev–Trinajstić information content (AvgIpc) is 2.38. The predicted molar refractivity (Wildman–Crippen MR) is 75.1 cm³/mol. The zero-order valence-corrected chi connectivity index (χ0v) is 11.9. The Kier molecular flexibility index (Phi) is 5.63. The number of hydrogen-bond donors (Lipinski definition) is 1. The van der Waals surface area contributed by atoms with Crippen molar-refractivity contribution in [2.24, 2.45) is 0 Å². The number of anilines is 1. The highest BCUT2D eigenvalue weighted by Crippen LogP contribution is 2.28. The normalized spacial score (nSPS) is 12.3. The molecule has 1 unspecified atom stereocenters. The molecule has 1 rings (SSSR count). The SMILES string of the molecule is CCc1cccc(CC)c1N(C(=O)CCl)C(C)O. The summed E-state index contributed by atoms with van der Waals surface area (Å²) in [5.41, 5.74) is 2.91. The summed E-state index contributed by atoms with van der Waals surface area (Å²) in [5, 5.41) is 9.85. The number of nitrogens with zero attached hydrogens (tertiary/aromatic N) is 1. The molecule has 0 bridgehead atoms. The van der Waals surface area contributed by atoms with Crippen molar-refractivity contribution < 1.29 is 9.90 Å². The van der Waals surface area contributed by atoms with Gasteiger partial charge in [-0.1, -0.05) is 32.0 Å². The maximum atomic E-state index is 11.9. The van der Waals surface area contributed by atoms with E-state index in [4.69, 9.17) is 11.6 Å². The zero-order chi connectivity index (χ0) is 13.7. The van der Waals surface area contributed by atoms with Crippen LogP contribution in [0.5, 0.6) is 0 Å². The summed E-state index contributed by atoms with van der Waals surface area (Å²) in [6.07, 6.45) is 0.735. The third kappa shape index (κ3) is 3.03. The predicted octanol–water partition coefficient (Wildman–Crippen LogP) is 2.72. The van der Waals surface area contributed by atoms with Crippen molar-refractivity contribution in [1.82, 2.24) is 0 Å². The number of hydrogen-bond acceptors (Lipinski definition) is 2. The number of amides is 1. The molecule has 1 aromatic rings. The molecule has 0 aliphatic heterocycles. The van der Waals surface area contributed by atoms with Crippen LogP contribution in [-0.2, 0) is 17.6 Å². The summed E-state index contributed by atoms with van der Waals surface area (Å²) in [6, 6.07) is 5.93. The van der Waals surface area contributed by atoms with E-state index in [2.05, 4.69) is 0 Å². The first-order valence-electron chi connectivity index (χ1n) is 6.23. The van der Waals surface area contributed by atoms with Crippen LogP contribution in [0.3, 0.4) is 0 Å². The van der Waals surface area contributed by atoms with Gasteiger partial charge in [-0.05, 0) is 30.9 Å². The van der Waals surface area contributed by atoms with E-state index in [1.807, 2.05) is 32.0 Å². The quantitative estimate of drug-likeness (QED) is 0.660. The smallest absolute Gasteiger partial charge is 0.244 e. The third-order valence-electron chi connectivity index (χ3n) is 2.96. The van der Waals surface area contributed by atoms with Crippen molar-refractivity contribution in [1.29, 1.82) is 0 Å². The Labute approximate surface area is 113 Å². The Morgan fingerprint density at radius 2 is 1.83 bits per heavy atom. The van der Waals surface area contributed by atoms with E-state index < -0.39 is 6.23 Å². The molecule has 1 N–H and O–H groups in total. The molecule has 4 heteroatoms. The van der Waals surface area contributed by atoms with Gasteiger partial charge >= 0.3 is 0 Å². The number of carbonyl (C=O) groups is 1. The summed E-state index contributed by atoms with van der Waals surface area (Å²) in [5.74, 6) is -0.409.